The molecule has 1 aliphatic heterocycles. The number of benzene rings is 1. The Hall–Kier alpha value is -1.85. The third-order valence-corrected chi connectivity index (χ3v) is 3.69. The highest BCUT2D eigenvalue weighted by molar-refractivity contribution is 5.29. The first-order valence-electron chi connectivity index (χ1n) is 6.68. The lowest BCUT2D eigenvalue weighted by Gasteiger charge is -2.21. The number of rotatable bonds is 4. The summed E-state index contributed by atoms with van der Waals surface area (Å²) >= 11 is 0. The molecule has 0 radical (unpaired) electrons. The molecule has 5 heteroatoms. The zero-order valence-corrected chi connectivity index (χ0v) is 11.5. The standard InChI is InChI=1S/C15H18N2O3/c1-19-13-4-2-11(3-5-13)7-17-15-10-20-9-12(8-18)14(15)6-16-17/h2-6,12,18H,7-10H2,1H3. The Morgan fingerprint density at radius 2 is 2.20 bits per heavy atom. The van der Waals surface area contributed by atoms with E-state index in [1.54, 1.807) is 7.11 Å². The molecule has 1 N–H and O–H groups in total. The monoisotopic (exact) mass is 274 g/mol. The number of hydrogen-bond donors (Lipinski definition) is 1. The fraction of sp³-hybridized carbons (Fsp3) is 0.400. The Bertz CT molecular complexity index is 577. The minimum absolute atomic E-state index is 0.0448. The van der Waals surface area contributed by atoms with Crippen LogP contribution in [0.3, 0.4) is 0 Å². The van der Waals surface area contributed by atoms with Crippen molar-refractivity contribution >= 4 is 0 Å². The second-order valence-electron chi connectivity index (χ2n) is 4.95. The maximum absolute atomic E-state index is 9.36. The van der Waals surface area contributed by atoms with Gasteiger partial charge in [-0.05, 0) is 17.7 Å². The van der Waals surface area contributed by atoms with Crippen LogP contribution in [0.15, 0.2) is 30.5 Å². The molecule has 1 atom stereocenters. The highest BCUT2D eigenvalue weighted by Crippen LogP contribution is 2.26. The van der Waals surface area contributed by atoms with Gasteiger partial charge in [0.15, 0.2) is 0 Å². The van der Waals surface area contributed by atoms with Gasteiger partial charge in [-0.1, -0.05) is 12.1 Å². The van der Waals surface area contributed by atoms with Crippen molar-refractivity contribution in [2.24, 2.45) is 0 Å². The predicted octanol–water partition coefficient (Wildman–Crippen LogP) is 1.55. The lowest BCUT2D eigenvalue weighted by molar-refractivity contribution is 0.0678. The molecule has 0 aliphatic carbocycles. The second-order valence-corrected chi connectivity index (χ2v) is 4.95. The smallest absolute Gasteiger partial charge is 0.118 e. The van der Waals surface area contributed by atoms with E-state index in [4.69, 9.17) is 9.47 Å². The van der Waals surface area contributed by atoms with E-state index < -0.39 is 0 Å². The molecule has 1 aromatic heterocycles. The van der Waals surface area contributed by atoms with Crippen LogP contribution in [0.2, 0.25) is 0 Å². The summed E-state index contributed by atoms with van der Waals surface area (Å²) in [6.45, 7) is 1.92. The van der Waals surface area contributed by atoms with Crippen LogP contribution in [0, 0.1) is 0 Å². The third kappa shape index (κ3) is 2.42. The van der Waals surface area contributed by atoms with Gasteiger partial charge in [-0.3, -0.25) is 4.68 Å². The number of ether oxygens (including phenoxy) is 2. The van der Waals surface area contributed by atoms with Gasteiger partial charge >= 0.3 is 0 Å². The molecule has 2 aromatic rings. The van der Waals surface area contributed by atoms with E-state index in [0.29, 0.717) is 19.8 Å². The number of fused-ring (bicyclic) bond motifs is 1. The van der Waals surface area contributed by atoms with Crippen molar-refractivity contribution in [1.82, 2.24) is 9.78 Å². The molecule has 0 fully saturated rings. The highest BCUT2D eigenvalue weighted by atomic mass is 16.5. The Labute approximate surface area is 117 Å². The van der Waals surface area contributed by atoms with E-state index in [1.807, 2.05) is 35.1 Å². The Kier molecular flexibility index (Phi) is 3.71. The number of aliphatic hydroxyl groups excluding tert-OH is 1. The first kappa shape index (κ1) is 13.1. The third-order valence-electron chi connectivity index (χ3n) is 3.69. The van der Waals surface area contributed by atoms with Gasteiger partial charge < -0.3 is 14.6 Å². The highest BCUT2D eigenvalue weighted by Gasteiger charge is 2.24. The summed E-state index contributed by atoms with van der Waals surface area (Å²) < 4.78 is 12.6. The van der Waals surface area contributed by atoms with Gasteiger partial charge in [0.25, 0.3) is 0 Å². The van der Waals surface area contributed by atoms with E-state index in [9.17, 15) is 5.11 Å². The van der Waals surface area contributed by atoms with Crippen molar-refractivity contribution in [1.29, 1.82) is 0 Å². The number of aromatic nitrogens is 2. The van der Waals surface area contributed by atoms with E-state index in [0.717, 1.165) is 22.6 Å². The summed E-state index contributed by atoms with van der Waals surface area (Å²) in [5.74, 6) is 0.892. The molecular formula is C15H18N2O3. The van der Waals surface area contributed by atoms with Gasteiger partial charge in [-0.15, -0.1) is 0 Å². The van der Waals surface area contributed by atoms with E-state index in [2.05, 4.69) is 5.10 Å². The minimum atomic E-state index is 0.0448. The molecule has 2 heterocycles. The number of aliphatic hydroxyl groups is 1. The van der Waals surface area contributed by atoms with Gasteiger partial charge in [0, 0.05) is 11.5 Å². The molecule has 0 saturated carbocycles. The van der Waals surface area contributed by atoms with Crippen LogP contribution in [-0.4, -0.2) is 35.2 Å². The Balaban J connectivity index is 1.82. The van der Waals surface area contributed by atoms with Crippen LogP contribution in [0.25, 0.3) is 0 Å². The topological polar surface area (TPSA) is 56.5 Å². The molecule has 1 unspecified atom stereocenters. The van der Waals surface area contributed by atoms with Crippen molar-refractivity contribution in [2.45, 2.75) is 19.1 Å². The first-order valence-corrected chi connectivity index (χ1v) is 6.68. The molecule has 20 heavy (non-hydrogen) atoms. The molecule has 5 nitrogen and oxygen atoms in total. The van der Waals surface area contributed by atoms with Crippen LogP contribution in [-0.2, 0) is 17.9 Å². The number of methoxy groups -OCH3 is 1. The number of hydrogen-bond acceptors (Lipinski definition) is 4. The predicted molar refractivity (Wildman–Crippen MR) is 73.8 cm³/mol. The van der Waals surface area contributed by atoms with Crippen molar-refractivity contribution < 1.29 is 14.6 Å². The van der Waals surface area contributed by atoms with Crippen molar-refractivity contribution in [3.63, 3.8) is 0 Å². The van der Waals surface area contributed by atoms with Crippen LogP contribution >= 0.6 is 0 Å². The maximum Gasteiger partial charge on any atom is 0.118 e. The molecule has 0 saturated heterocycles. The first-order chi connectivity index (χ1) is 9.81. The number of nitrogens with zero attached hydrogens (tertiary/aromatic N) is 2. The molecule has 106 valence electrons. The second kappa shape index (κ2) is 5.64. The van der Waals surface area contributed by atoms with E-state index in [1.165, 1.54) is 0 Å². The van der Waals surface area contributed by atoms with Crippen molar-refractivity contribution in [2.75, 3.05) is 20.3 Å². The van der Waals surface area contributed by atoms with Gasteiger partial charge in [0.05, 0.1) is 45.4 Å². The zero-order chi connectivity index (χ0) is 13.9. The lowest BCUT2D eigenvalue weighted by atomic mass is 10.00. The van der Waals surface area contributed by atoms with Crippen molar-refractivity contribution in [3.05, 3.63) is 47.3 Å². The zero-order valence-electron chi connectivity index (χ0n) is 11.5. The summed E-state index contributed by atoms with van der Waals surface area (Å²) in [6.07, 6.45) is 1.85. The van der Waals surface area contributed by atoms with E-state index >= 15 is 0 Å². The quantitative estimate of drug-likeness (QED) is 0.919. The molecular weight excluding hydrogens is 256 g/mol. The van der Waals surface area contributed by atoms with Gasteiger partial charge in [0.2, 0.25) is 0 Å². The van der Waals surface area contributed by atoms with Crippen LogP contribution in [0.1, 0.15) is 22.7 Å². The summed E-state index contributed by atoms with van der Waals surface area (Å²) in [7, 11) is 1.66. The van der Waals surface area contributed by atoms with Gasteiger partial charge in [0.1, 0.15) is 5.75 Å². The average Bonchev–Trinajstić information content (AvgIpc) is 2.91. The van der Waals surface area contributed by atoms with E-state index in [-0.39, 0.29) is 12.5 Å². The average molecular weight is 274 g/mol. The largest absolute Gasteiger partial charge is 0.497 e. The normalized spacial score (nSPS) is 17.8. The minimum Gasteiger partial charge on any atom is -0.497 e. The molecule has 1 aliphatic rings. The van der Waals surface area contributed by atoms with Gasteiger partial charge in [-0.2, -0.15) is 5.10 Å². The molecule has 1 aromatic carbocycles. The fourth-order valence-corrected chi connectivity index (χ4v) is 2.50. The summed E-state index contributed by atoms with van der Waals surface area (Å²) in [4.78, 5) is 0. The lowest BCUT2D eigenvalue weighted by Crippen LogP contribution is -2.21. The SMILES string of the molecule is COc1ccc(Cn2ncc3c2COCC3CO)cc1. The molecule has 3 rings (SSSR count). The fourth-order valence-electron chi connectivity index (χ4n) is 2.50. The Morgan fingerprint density at radius 1 is 1.40 bits per heavy atom. The molecule has 0 spiro atoms. The van der Waals surface area contributed by atoms with Gasteiger partial charge in [-0.25, -0.2) is 0 Å². The molecule has 0 amide bonds. The maximum atomic E-state index is 9.36. The van der Waals surface area contributed by atoms with Crippen LogP contribution < -0.4 is 4.74 Å². The summed E-state index contributed by atoms with van der Waals surface area (Å²) in [6, 6.07) is 7.94. The van der Waals surface area contributed by atoms with Crippen LogP contribution in [0.5, 0.6) is 5.75 Å². The van der Waals surface area contributed by atoms with Crippen LogP contribution in [0.4, 0.5) is 0 Å². The Morgan fingerprint density at radius 3 is 2.90 bits per heavy atom. The summed E-state index contributed by atoms with van der Waals surface area (Å²) in [5.41, 5.74) is 3.32. The van der Waals surface area contributed by atoms with Crippen molar-refractivity contribution in [3.8, 4) is 5.75 Å². The molecule has 0 bridgehead atoms. The summed E-state index contributed by atoms with van der Waals surface area (Å²) in [5, 5.41) is 13.8.